The van der Waals surface area contributed by atoms with Gasteiger partial charge >= 0.3 is 0 Å². The minimum atomic E-state index is -3.76. The molecule has 0 aromatic heterocycles. The monoisotopic (exact) mass is 312 g/mol. The molecule has 0 spiro atoms. The van der Waals surface area contributed by atoms with Crippen LogP contribution in [0.25, 0.3) is 0 Å². The summed E-state index contributed by atoms with van der Waals surface area (Å²) in [5.41, 5.74) is 6.33. The second kappa shape index (κ2) is 5.60. The molecule has 0 aliphatic heterocycles. The molecule has 0 saturated carbocycles. The van der Waals surface area contributed by atoms with Crippen LogP contribution < -0.4 is 15.2 Å². The first-order valence-corrected chi connectivity index (χ1v) is 7.51. The number of benzene rings is 2. The third kappa shape index (κ3) is 2.97. The number of methoxy groups -OCH3 is 1. The Bertz CT molecular complexity index is 732. The average molecular weight is 313 g/mol. The number of sulfonamides is 1. The molecule has 2 aromatic rings. The van der Waals surface area contributed by atoms with Crippen LogP contribution in [-0.4, -0.2) is 15.5 Å². The predicted molar refractivity (Wildman–Crippen MR) is 79.7 cm³/mol. The molecule has 106 valence electrons. The molecule has 0 heterocycles. The van der Waals surface area contributed by atoms with Crippen molar-refractivity contribution in [1.82, 2.24) is 0 Å². The quantitative estimate of drug-likeness (QED) is 0.851. The van der Waals surface area contributed by atoms with E-state index in [0.717, 1.165) is 0 Å². The van der Waals surface area contributed by atoms with Gasteiger partial charge in [-0.1, -0.05) is 23.7 Å². The number of hydrogen-bond acceptors (Lipinski definition) is 4. The Morgan fingerprint density at radius 1 is 1.20 bits per heavy atom. The smallest absolute Gasteiger partial charge is 0.262 e. The Morgan fingerprint density at radius 2 is 1.90 bits per heavy atom. The van der Waals surface area contributed by atoms with E-state index in [0.29, 0.717) is 22.1 Å². The van der Waals surface area contributed by atoms with E-state index in [1.54, 1.807) is 24.3 Å². The van der Waals surface area contributed by atoms with Crippen LogP contribution >= 0.6 is 11.6 Å². The highest BCUT2D eigenvalue weighted by molar-refractivity contribution is 7.92. The van der Waals surface area contributed by atoms with Gasteiger partial charge in [-0.25, -0.2) is 8.42 Å². The Balaban J connectivity index is 2.38. The van der Waals surface area contributed by atoms with Crippen LogP contribution in [0.2, 0.25) is 5.02 Å². The van der Waals surface area contributed by atoms with Crippen molar-refractivity contribution in [3.63, 3.8) is 0 Å². The lowest BCUT2D eigenvalue weighted by Gasteiger charge is -2.11. The number of nitrogens with one attached hydrogen (secondary N) is 1. The number of ether oxygens (including phenoxy) is 1. The van der Waals surface area contributed by atoms with Gasteiger partial charge in [0.05, 0.1) is 28.4 Å². The lowest BCUT2D eigenvalue weighted by atomic mass is 10.3. The minimum absolute atomic E-state index is 0.0449. The second-order valence-corrected chi connectivity index (χ2v) is 6.08. The molecule has 2 aromatic carbocycles. The standard InChI is InChI=1S/C13H13ClN2O3S/c1-19-13-8-9(6-7-11(13)15)20(17,18)16-12-5-3-2-4-10(12)14/h2-8,16H,15H2,1H3. The summed E-state index contributed by atoms with van der Waals surface area (Å²) in [6.07, 6.45) is 0. The van der Waals surface area contributed by atoms with Gasteiger partial charge in [0.1, 0.15) is 5.75 Å². The minimum Gasteiger partial charge on any atom is -0.495 e. The van der Waals surface area contributed by atoms with E-state index in [4.69, 9.17) is 22.1 Å². The molecule has 0 amide bonds. The SMILES string of the molecule is COc1cc(S(=O)(=O)Nc2ccccc2Cl)ccc1N. The highest BCUT2D eigenvalue weighted by Gasteiger charge is 2.17. The molecule has 0 bridgehead atoms. The summed E-state index contributed by atoms with van der Waals surface area (Å²) >= 11 is 5.93. The van der Waals surface area contributed by atoms with E-state index in [1.165, 1.54) is 25.3 Å². The molecule has 0 unspecified atom stereocenters. The van der Waals surface area contributed by atoms with Gasteiger partial charge in [0.25, 0.3) is 10.0 Å². The van der Waals surface area contributed by atoms with Crippen LogP contribution in [-0.2, 0) is 10.0 Å². The maximum atomic E-state index is 12.3. The first-order chi connectivity index (χ1) is 9.44. The molecule has 5 nitrogen and oxygen atoms in total. The maximum Gasteiger partial charge on any atom is 0.262 e. The number of rotatable bonds is 4. The zero-order chi connectivity index (χ0) is 14.8. The number of nitrogen functional groups attached to an aromatic ring is 1. The summed E-state index contributed by atoms with van der Waals surface area (Å²) < 4.78 is 32.0. The van der Waals surface area contributed by atoms with Crippen molar-refractivity contribution in [2.24, 2.45) is 0 Å². The largest absolute Gasteiger partial charge is 0.495 e. The molecule has 2 rings (SSSR count). The Labute approximate surface area is 122 Å². The topological polar surface area (TPSA) is 81.4 Å². The molecule has 0 saturated heterocycles. The van der Waals surface area contributed by atoms with Gasteiger partial charge in [0.15, 0.2) is 0 Å². The fourth-order valence-electron chi connectivity index (χ4n) is 1.61. The summed E-state index contributed by atoms with van der Waals surface area (Å²) in [5, 5.41) is 0.318. The summed E-state index contributed by atoms with van der Waals surface area (Å²) in [6.45, 7) is 0. The fraction of sp³-hybridized carbons (Fsp3) is 0.0769. The van der Waals surface area contributed by atoms with Crippen molar-refractivity contribution in [2.75, 3.05) is 17.6 Å². The van der Waals surface area contributed by atoms with Gasteiger partial charge in [0.2, 0.25) is 0 Å². The molecule has 20 heavy (non-hydrogen) atoms. The summed E-state index contributed by atoms with van der Waals surface area (Å²) in [7, 11) is -2.33. The summed E-state index contributed by atoms with van der Waals surface area (Å²) in [4.78, 5) is 0.0449. The molecule has 0 aliphatic carbocycles. The number of para-hydroxylation sites is 1. The van der Waals surface area contributed by atoms with Crippen LogP contribution in [0.15, 0.2) is 47.4 Å². The second-order valence-electron chi connectivity index (χ2n) is 3.99. The first kappa shape index (κ1) is 14.5. The van der Waals surface area contributed by atoms with E-state index < -0.39 is 10.0 Å². The lowest BCUT2D eigenvalue weighted by molar-refractivity contribution is 0.415. The number of hydrogen-bond donors (Lipinski definition) is 2. The van der Waals surface area contributed by atoms with Gasteiger partial charge in [-0.15, -0.1) is 0 Å². The van der Waals surface area contributed by atoms with Crippen LogP contribution in [0.4, 0.5) is 11.4 Å². The van der Waals surface area contributed by atoms with Crippen molar-refractivity contribution in [3.8, 4) is 5.75 Å². The average Bonchev–Trinajstić information content (AvgIpc) is 2.41. The fourth-order valence-corrected chi connectivity index (χ4v) is 2.94. The number of nitrogens with two attached hydrogens (primary N) is 1. The van der Waals surface area contributed by atoms with E-state index in [1.807, 2.05) is 0 Å². The van der Waals surface area contributed by atoms with Crippen LogP contribution in [0.3, 0.4) is 0 Å². The molecule has 0 fully saturated rings. The Kier molecular flexibility index (Phi) is 4.06. The molecular formula is C13H13ClN2O3S. The van der Waals surface area contributed by atoms with Crippen molar-refractivity contribution >= 4 is 33.0 Å². The zero-order valence-corrected chi connectivity index (χ0v) is 12.2. The van der Waals surface area contributed by atoms with Crippen molar-refractivity contribution in [3.05, 3.63) is 47.5 Å². The van der Waals surface area contributed by atoms with E-state index in [9.17, 15) is 8.42 Å². The summed E-state index contributed by atoms with van der Waals surface area (Å²) in [6, 6.07) is 10.8. The van der Waals surface area contributed by atoms with Crippen LogP contribution in [0.1, 0.15) is 0 Å². The molecule has 3 N–H and O–H groups in total. The van der Waals surface area contributed by atoms with Gasteiger partial charge in [-0.3, -0.25) is 4.72 Å². The summed E-state index contributed by atoms with van der Waals surface area (Å²) in [5.74, 6) is 0.298. The molecule has 0 radical (unpaired) electrons. The van der Waals surface area contributed by atoms with Crippen molar-refractivity contribution in [2.45, 2.75) is 4.90 Å². The number of halogens is 1. The van der Waals surface area contributed by atoms with Gasteiger partial charge in [-0.05, 0) is 24.3 Å². The maximum absolute atomic E-state index is 12.3. The first-order valence-electron chi connectivity index (χ1n) is 5.65. The third-order valence-electron chi connectivity index (χ3n) is 2.63. The molecular weight excluding hydrogens is 300 g/mol. The lowest BCUT2D eigenvalue weighted by Crippen LogP contribution is -2.13. The van der Waals surface area contributed by atoms with Crippen LogP contribution in [0.5, 0.6) is 5.75 Å². The van der Waals surface area contributed by atoms with Crippen molar-refractivity contribution in [1.29, 1.82) is 0 Å². The Hall–Kier alpha value is -1.92. The highest BCUT2D eigenvalue weighted by atomic mass is 35.5. The molecule has 0 aliphatic rings. The van der Waals surface area contributed by atoms with E-state index >= 15 is 0 Å². The zero-order valence-electron chi connectivity index (χ0n) is 10.6. The third-order valence-corrected chi connectivity index (χ3v) is 4.33. The Morgan fingerprint density at radius 3 is 2.55 bits per heavy atom. The van der Waals surface area contributed by atoms with Gasteiger partial charge in [0, 0.05) is 6.07 Å². The van der Waals surface area contributed by atoms with E-state index in [-0.39, 0.29) is 4.90 Å². The van der Waals surface area contributed by atoms with Crippen LogP contribution in [0, 0.1) is 0 Å². The number of anilines is 2. The normalized spacial score (nSPS) is 11.1. The van der Waals surface area contributed by atoms with Crippen molar-refractivity contribution < 1.29 is 13.2 Å². The van der Waals surface area contributed by atoms with Gasteiger partial charge in [-0.2, -0.15) is 0 Å². The van der Waals surface area contributed by atoms with E-state index in [2.05, 4.69) is 4.72 Å². The highest BCUT2D eigenvalue weighted by Crippen LogP contribution is 2.28. The molecule has 0 atom stereocenters. The molecule has 7 heteroatoms. The van der Waals surface area contributed by atoms with Gasteiger partial charge < -0.3 is 10.5 Å². The predicted octanol–water partition coefficient (Wildman–Crippen LogP) is 2.73.